The average Bonchev–Trinajstić information content (AvgIpc) is 3.13. The van der Waals surface area contributed by atoms with E-state index in [1.165, 1.54) is 6.26 Å². The number of hydrogen-bond acceptors (Lipinski definition) is 6. The van der Waals surface area contributed by atoms with Crippen LogP contribution in [-0.2, 0) is 20.9 Å². The van der Waals surface area contributed by atoms with Crippen molar-refractivity contribution in [3.63, 3.8) is 0 Å². The largest absolute Gasteiger partial charge is 0.482 e. The number of nitrogens with one attached hydrogen (secondary N) is 2. The second-order valence-electron chi connectivity index (χ2n) is 5.51. The second-order valence-corrected chi connectivity index (χ2v) is 5.51. The molecule has 0 saturated carbocycles. The zero-order chi connectivity index (χ0) is 18.9. The van der Waals surface area contributed by atoms with Crippen molar-refractivity contribution < 1.29 is 28.3 Å². The normalized spacial score (nSPS) is 10.1. The minimum atomic E-state index is -0.749. The van der Waals surface area contributed by atoms with Crippen molar-refractivity contribution in [2.45, 2.75) is 20.4 Å². The molecule has 2 rings (SSSR count). The maximum Gasteiger partial charge on any atom is 0.344 e. The number of ether oxygens (including phenoxy) is 2. The molecule has 0 radical (unpaired) electrons. The summed E-state index contributed by atoms with van der Waals surface area (Å²) >= 11 is 0. The molecule has 2 aromatic rings. The molecule has 8 nitrogen and oxygen atoms in total. The molecule has 1 aromatic carbocycles. The van der Waals surface area contributed by atoms with Gasteiger partial charge >= 0.3 is 12.0 Å². The first-order valence-electron chi connectivity index (χ1n) is 7.90. The van der Waals surface area contributed by atoms with Gasteiger partial charge < -0.3 is 19.2 Å². The van der Waals surface area contributed by atoms with Crippen molar-refractivity contribution in [2.24, 2.45) is 0 Å². The van der Waals surface area contributed by atoms with E-state index in [1.54, 1.807) is 24.3 Å². The fourth-order valence-corrected chi connectivity index (χ4v) is 1.92. The van der Waals surface area contributed by atoms with E-state index >= 15 is 0 Å². The Kier molecular flexibility index (Phi) is 6.78. The SMILES string of the molecule is Cc1ccc(OCC(=O)OCC(=O)NC(=O)NCc2ccco2)cc1C. The highest BCUT2D eigenvalue weighted by Gasteiger charge is 2.12. The minimum Gasteiger partial charge on any atom is -0.482 e. The smallest absolute Gasteiger partial charge is 0.344 e. The molecule has 0 saturated heterocycles. The lowest BCUT2D eigenvalue weighted by Crippen LogP contribution is -2.41. The topological polar surface area (TPSA) is 107 Å². The van der Waals surface area contributed by atoms with Crippen molar-refractivity contribution in [3.05, 3.63) is 53.5 Å². The van der Waals surface area contributed by atoms with Gasteiger partial charge in [-0.1, -0.05) is 6.07 Å². The molecule has 1 aromatic heterocycles. The van der Waals surface area contributed by atoms with Crippen molar-refractivity contribution >= 4 is 17.9 Å². The maximum atomic E-state index is 11.6. The molecule has 2 N–H and O–H groups in total. The Morgan fingerprint density at radius 1 is 1.08 bits per heavy atom. The van der Waals surface area contributed by atoms with Crippen LogP contribution in [-0.4, -0.2) is 31.1 Å². The van der Waals surface area contributed by atoms with Crippen LogP contribution in [0.3, 0.4) is 0 Å². The molecule has 8 heteroatoms. The summed E-state index contributed by atoms with van der Waals surface area (Å²) < 4.78 is 15.1. The van der Waals surface area contributed by atoms with Gasteiger partial charge in [0.15, 0.2) is 13.2 Å². The predicted molar refractivity (Wildman–Crippen MR) is 91.5 cm³/mol. The number of hydrogen-bond donors (Lipinski definition) is 2. The van der Waals surface area contributed by atoms with E-state index in [9.17, 15) is 14.4 Å². The molecule has 3 amide bonds. The lowest BCUT2D eigenvalue weighted by molar-refractivity contribution is -0.150. The van der Waals surface area contributed by atoms with Gasteiger partial charge in [-0.15, -0.1) is 0 Å². The second kappa shape index (κ2) is 9.26. The summed E-state index contributed by atoms with van der Waals surface area (Å²) in [5.41, 5.74) is 2.15. The van der Waals surface area contributed by atoms with Gasteiger partial charge in [-0.25, -0.2) is 9.59 Å². The highest BCUT2D eigenvalue weighted by atomic mass is 16.6. The lowest BCUT2D eigenvalue weighted by atomic mass is 10.1. The van der Waals surface area contributed by atoms with Crippen LogP contribution in [0.25, 0.3) is 0 Å². The first kappa shape index (κ1) is 19.0. The molecule has 0 fully saturated rings. The number of aryl methyl sites for hydroxylation is 2. The van der Waals surface area contributed by atoms with Crippen molar-refractivity contribution in [2.75, 3.05) is 13.2 Å². The number of urea groups is 1. The van der Waals surface area contributed by atoms with E-state index < -0.39 is 24.5 Å². The molecule has 0 bridgehead atoms. The van der Waals surface area contributed by atoms with Crippen LogP contribution in [0.4, 0.5) is 4.79 Å². The van der Waals surface area contributed by atoms with Crippen molar-refractivity contribution in [1.29, 1.82) is 0 Å². The Balaban J connectivity index is 1.63. The minimum absolute atomic E-state index is 0.135. The number of imide groups is 1. The van der Waals surface area contributed by atoms with Crippen LogP contribution < -0.4 is 15.4 Å². The summed E-state index contributed by atoms with van der Waals surface area (Å²) in [5.74, 6) is -0.384. The molecule has 0 unspecified atom stereocenters. The van der Waals surface area contributed by atoms with E-state index in [4.69, 9.17) is 13.9 Å². The van der Waals surface area contributed by atoms with Gasteiger partial charge in [0, 0.05) is 0 Å². The van der Waals surface area contributed by atoms with E-state index in [-0.39, 0.29) is 13.2 Å². The van der Waals surface area contributed by atoms with Crippen molar-refractivity contribution in [1.82, 2.24) is 10.6 Å². The molecular weight excluding hydrogens is 340 g/mol. The monoisotopic (exact) mass is 360 g/mol. The Morgan fingerprint density at radius 2 is 1.88 bits per heavy atom. The third-order valence-electron chi connectivity index (χ3n) is 3.46. The summed E-state index contributed by atoms with van der Waals surface area (Å²) in [6.45, 7) is 3.12. The summed E-state index contributed by atoms with van der Waals surface area (Å²) in [6, 6.07) is 8.07. The molecule has 0 aliphatic heterocycles. The molecule has 1 heterocycles. The van der Waals surface area contributed by atoms with Crippen LogP contribution in [0, 0.1) is 13.8 Å². The van der Waals surface area contributed by atoms with E-state index in [0.717, 1.165) is 11.1 Å². The Hall–Kier alpha value is -3.29. The molecule has 0 spiro atoms. The fraction of sp³-hybridized carbons (Fsp3) is 0.278. The highest BCUT2D eigenvalue weighted by molar-refractivity contribution is 5.95. The quantitative estimate of drug-likeness (QED) is 0.730. The molecule has 26 heavy (non-hydrogen) atoms. The van der Waals surface area contributed by atoms with Gasteiger partial charge in [-0.3, -0.25) is 10.1 Å². The summed E-state index contributed by atoms with van der Waals surface area (Å²) in [7, 11) is 0. The summed E-state index contributed by atoms with van der Waals surface area (Å²) in [5, 5.41) is 4.47. The van der Waals surface area contributed by atoms with E-state index in [0.29, 0.717) is 11.5 Å². The average molecular weight is 360 g/mol. The van der Waals surface area contributed by atoms with Crippen molar-refractivity contribution in [3.8, 4) is 5.75 Å². The predicted octanol–water partition coefficient (Wildman–Crippen LogP) is 1.84. The fourth-order valence-electron chi connectivity index (χ4n) is 1.92. The molecular formula is C18H20N2O6. The molecule has 0 aliphatic rings. The maximum absolute atomic E-state index is 11.6. The van der Waals surface area contributed by atoms with E-state index in [2.05, 4.69) is 5.32 Å². The van der Waals surface area contributed by atoms with Crippen LogP contribution in [0.2, 0.25) is 0 Å². The number of carbonyl (C=O) groups is 3. The highest BCUT2D eigenvalue weighted by Crippen LogP contribution is 2.16. The zero-order valence-electron chi connectivity index (χ0n) is 14.5. The molecule has 0 atom stereocenters. The third-order valence-corrected chi connectivity index (χ3v) is 3.46. The summed E-state index contributed by atoms with van der Waals surface area (Å²) in [6.07, 6.45) is 1.47. The number of amides is 3. The number of carbonyl (C=O) groups excluding carboxylic acids is 3. The van der Waals surface area contributed by atoms with Gasteiger partial charge in [0.2, 0.25) is 0 Å². The van der Waals surface area contributed by atoms with Crippen LogP contribution in [0.5, 0.6) is 5.75 Å². The first-order chi connectivity index (χ1) is 12.4. The van der Waals surface area contributed by atoms with Gasteiger partial charge in [0.25, 0.3) is 5.91 Å². The van der Waals surface area contributed by atoms with Gasteiger partial charge in [-0.05, 0) is 49.2 Å². The first-order valence-corrected chi connectivity index (χ1v) is 7.90. The van der Waals surface area contributed by atoms with Gasteiger partial charge in [-0.2, -0.15) is 0 Å². The van der Waals surface area contributed by atoms with Crippen LogP contribution in [0.15, 0.2) is 41.0 Å². The van der Waals surface area contributed by atoms with Crippen LogP contribution in [0.1, 0.15) is 16.9 Å². The number of benzene rings is 1. The number of rotatable bonds is 7. The Labute approximate surface area is 150 Å². The zero-order valence-corrected chi connectivity index (χ0v) is 14.5. The van der Waals surface area contributed by atoms with E-state index in [1.807, 2.05) is 25.2 Å². The summed E-state index contributed by atoms with van der Waals surface area (Å²) in [4.78, 5) is 34.7. The Morgan fingerprint density at radius 3 is 2.58 bits per heavy atom. The van der Waals surface area contributed by atoms with Gasteiger partial charge in [0.05, 0.1) is 12.8 Å². The number of furan rings is 1. The molecule has 138 valence electrons. The standard InChI is InChI=1S/C18H20N2O6/c1-12-5-6-14(8-13(12)2)25-11-17(22)26-10-16(21)20-18(23)19-9-15-4-3-7-24-15/h3-8H,9-11H2,1-2H3,(H2,19,20,21,23). The Bertz CT molecular complexity index is 770. The van der Waals surface area contributed by atoms with Gasteiger partial charge in [0.1, 0.15) is 11.5 Å². The number of esters is 1. The lowest BCUT2D eigenvalue weighted by Gasteiger charge is -2.09. The molecule has 0 aliphatic carbocycles. The van der Waals surface area contributed by atoms with Crippen LogP contribution >= 0.6 is 0 Å². The third kappa shape index (κ3) is 6.31.